The lowest BCUT2D eigenvalue weighted by Crippen LogP contribution is -2.44. The molecular weight excluding hydrogens is 336 g/mol. The average Bonchev–Trinajstić information content (AvgIpc) is 3.11. The van der Waals surface area contributed by atoms with Gasteiger partial charge in [-0.25, -0.2) is 9.78 Å². The zero-order valence-electron chi connectivity index (χ0n) is 13.1. The highest BCUT2D eigenvalue weighted by molar-refractivity contribution is 7.98. The average molecular weight is 356 g/mol. The molecule has 0 aromatic carbocycles. The Kier molecular flexibility index (Phi) is 6.06. The van der Waals surface area contributed by atoms with Crippen molar-refractivity contribution in [1.29, 1.82) is 0 Å². The van der Waals surface area contributed by atoms with Crippen molar-refractivity contribution >= 4 is 35.0 Å². The van der Waals surface area contributed by atoms with E-state index in [0.29, 0.717) is 29.2 Å². The Balaban J connectivity index is 2.44. The van der Waals surface area contributed by atoms with E-state index < -0.39 is 24.0 Å². The molecule has 8 heteroatoms. The summed E-state index contributed by atoms with van der Waals surface area (Å²) in [4.78, 5) is 29.8. The third-order valence-electron chi connectivity index (χ3n) is 3.79. The van der Waals surface area contributed by atoms with E-state index in [4.69, 9.17) is 0 Å². The van der Waals surface area contributed by atoms with Crippen LogP contribution in [0.2, 0.25) is 0 Å². The van der Waals surface area contributed by atoms with Crippen molar-refractivity contribution in [2.24, 2.45) is 0 Å². The highest BCUT2D eigenvalue weighted by Gasteiger charge is 2.46. The minimum absolute atomic E-state index is 0.331. The van der Waals surface area contributed by atoms with Crippen molar-refractivity contribution in [2.45, 2.75) is 38.3 Å². The summed E-state index contributed by atoms with van der Waals surface area (Å²) < 4.78 is 0. The topological polar surface area (TPSA) is 90.7 Å². The number of hydrogen-bond donors (Lipinski definition) is 2. The quantitative estimate of drug-likeness (QED) is 0.744. The zero-order valence-corrected chi connectivity index (χ0v) is 14.7. The minimum atomic E-state index is -1.05. The predicted molar refractivity (Wildman–Crippen MR) is 90.7 cm³/mol. The Bertz CT molecular complexity index is 601. The fraction of sp³-hybridized carbons (Fsp3) is 0.533. The molecule has 1 aliphatic heterocycles. The Labute approximate surface area is 143 Å². The summed E-state index contributed by atoms with van der Waals surface area (Å²) in [5.41, 5.74) is 0.542. The van der Waals surface area contributed by atoms with Crippen molar-refractivity contribution in [2.75, 3.05) is 12.0 Å². The molecule has 2 atom stereocenters. The molecule has 1 aromatic rings. The molecule has 2 N–H and O–H groups in total. The molecule has 2 unspecified atom stereocenters. The summed E-state index contributed by atoms with van der Waals surface area (Å²) in [6, 6.07) is -1.55. The SMILES string of the molecule is CCCCC(C(=O)O)N1C(=O)C(O)=C(CSC)C1c1nccs1. The van der Waals surface area contributed by atoms with Gasteiger partial charge in [0, 0.05) is 22.9 Å². The maximum Gasteiger partial charge on any atom is 0.326 e. The molecule has 0 spiro atoms. The summed E-state index contributed by atoms with van der Waals surface area (Å²) in [5, 5.41) is 22.2. The number of nitrogens with zero attached hydrogens (tertiary/aromatic N) is 2. The number of hydrogen-bond acceptors (Lipinski definition) is 6. The van der Waals surface area contributed by atoms with Crippen molar-refractivity contribution < 1.29 is 19.8 Å². The fourth-order valence-corrected chi connectivity index (χ4v) is 4.09. The van der Waals surface area contributed by atoms with Crippen LogP contribution in [-0.4, -0.2) is 50.0 Å². The van der Waals surface area contributed by atoms with E-state index in [2.05, 4.69) is 4.98 Å². The number of aliphatic hydroxyl groups excluding tert-OH is 1. The number of carbonyl (C=O) groups is 2. The molecule has 2 heterocycles. The lowest BCUT2D eigenvalue weighted by molar-refractivity contribution is -0.150. The van der Waals surface area contributed by atoms with Gasteiger partial charge in [-0.1, -0.05) is 19.8 Å². The third kappa shape index (κ3) is 3.53. The number of thioether (sulfide) groups is 1. The van der Waals surface area contributed by atoms with Gasteiger partial charge in [-0.05, 0) is 12.7 Å². The number of amides is 1. The summed E-state index contributed by atoms with van der Waals surface area (Å²) in [6.45, 7) is 1.97. The highest BCUT2D eigenvalue weighted by Crippen LogP contribution is 2.41. The zero-order chi connectivity index (χ0) is 17.0. The van der Waals surface area contributed by atoms with Crippen LogP contribution in [0.4, 0.5) is 0 Å². The number of carboxylic acid groups (broad SMARTS) is 1. The fourth-order valence-electron chi connectivity index (χ4n) is 2.72. The maximum atomic E-state index is 12.5. The van der Waals surface area contributed by atoms with Gasteiger partial charge < -0.3 is 15.1 Å². The van der Waals surface area contributed by atoms with Crippen LogP contribution < -0.4 is 0 Å². The second kappa shape index (κ2) is 7.83. The molecule has 0 bridgehead atoms. The van der Waals surface area contributed by atoms with Crippen LogP contribution >= 0.6 is 23.1 Å². The molecule has 0 saturated heterocycles. The summed E-state index contributed by atoms with van der Waals surface area (Å²) in [6.07, 6.45) is 5.39. The van der Waals surface area contributed by atoms with Crippen LogP contribution in [0, 0.1) is 0 Å². The Hall–Kier alpha value is -1.54. The van der Waals surface area contributed by atoms with Crippen LogP contribution in [0.25, 0.3) is 0 Å². The number of aliphatic carboxylic acids is 1. The maximum absolute atomic E-state index is 12.5. The van der Waals surface area contributed by atoms with E-state index in [1.54, 1.807) is 11.6 Å². The van der Waals surface area contributed by atoms with Gasteiger partial charge >= 0.3 is 5.97 Å². The van der Waals surface area contributed by atoms with Gasteiger partial charge in [0.05, 0.1) is 0 Å². The van der Waals surface area contributed by atoms with Gasteiger partial charge in [-0.15, -0.1) is 11.3 Å². The van der Waals surface area contributed by atoms with Crippen LogP contribution in [0.3, 0.4) is 0 Å². The van der Waals surface area contributed by atoms with Crippen molar-refractivity contribution in [3.8, 4) is 0 Å². The third-order valence-corrected chi connectivity index (χ3v) is 5.21. The van der Waals surface area contributed by atoms with Crippen molar-refractivity contribution in [3.05, 3.63) is 27.9 Å². The van der Waals surface area contributed by atoms with Gasteiger partial charge in [0.15, 0.2) is 5.76 Å². The number of rotatable bonds is 8. The summed E-state index contributed by atoms with van der Waals surface area (Å²) in [7, 11) is 0. The van der Waals surface area contributed by atoms with E-state index in [-0.39, 0.29) is 5.76 Å². The Morgan fingerprint density at radius 1 is 1.57 bits per heavy atom. The lowest BCUT2D eigenvalue weighted by atomic mass is 10.1. The van der Waals surface area contributed by atoms with Crippen LogP contribution in [0.15, 0.2) is 22.9 Å². The first-order valence-corrected chi connectivity index (χ1v) is 9.66. The van der Waals surface area contributed by atoms with Gasteiger partial charge in [0.1, 0.15) is 17.1 Å². The molecule has 1 amide bonds. The molecule has 6 nitrogen and oxygen atoms in total. The van der Waals surface area contributed by atoms with E-state index >= 15 is 0 Å². The molecule has 1 aromatic heterocycles. The van der Waals surface area contributed by atoms with Crippen molar-refractivity contribution in [3.63, 3.8) is 0 Å². The second-order valence-corrected chi connectivity index (χ2v) is 7.08. The van der Waals surface area contributed by atoms with Gasteiger partial charge in [0.25, 0.3) is 5.91 Å². The molecule has 1 aliphatic rings. The predicted octanol–water partition coefficient (Wildman–Crippen LogP) is 2.84. The van der Waals surface area contributed by atoms with Crippen LogP contribution in [-0.2, 0) is 9.59 Å². The number of thiazole rings is 1. The normalized spacial score (nSPS) is 19.5. The van der Waals surface area contributed by atoms with Crippen molar-refractivity contribution in [1.82, 2.24) is 9.88 Å². The molecule has 0 saturated carbocycles. The van der Waals surface area contributed by atoms with Crippen LogP contribution in [0.1, 0.15) is 37.2 Å². The van der Waals surface area contributed by atoms with Gasteiger partial charge in [-0.3, -0.25) is 4.79 Å². The Morgan fingerprint density at radius 3 is 2.83 bits per heavy atom. The van der Waals surface area contributed by atoms with E-state index in [1.165, 1.54) is 28.0 Å². The Morgan fingerprint density at radius 2 is 2.30 bits per heavy atom. The van der Waals surface area contributed by atoms with Crippen LogP contribution in [0.5, 0.6) is 0 Å². The largest absolute Gasteiger partial charge is 0.503 e. The smallest absolute Gasteiger partial charge is 0.326 e. The first-order chi connectivity index (χ1) is 11.0. The standard InChI is InChI=1S/C15H20N2O4S2/c1-3-4-5-10(15(20)21)17-11(13-16-6-7-23-13)9(8-22-2)12(18)14(17)19/h6-7,10-11,18H,3-5,8H2,1-2H3,(H,20,21). The number of aromatic nitrogens is 1. The summed E-state index contributed by atoms with van der Waals surface area (Å²) >= 11 is 2.84. The van der Waals surface area contributed by atoms with E-state index in [9.17, 15) is 19.8 Å². The molecule has 0 fully saturated rings. The molecule has 0 aliphatic carbocycles. The van der Waals surface area contributed by atoms with E-state index in [1.807, 2.05) is 13.2 Å². The van der Waals surface area contributed by atoms with Gasteiger partial charge in [-0.2, -0.15) is 11.8 Å². The first-order valence-electron chi connectivity index (χ1n) is 7.38. The molecule has 2 rings (SSSR count). The first kappa shape index (κ1) is 17.8. The molecular formula is C15H20N2O4S2. The van der Waals surface area contributed by atoms with E-state index in [0.717, 1.165) is 6.42 Å². The molecule has 0 radical (unpaired) electrons. The van der Waals surface area contributed by atoms with Gasteiger partial charge in [0.2, 0.25) is 0 Å². The second-order valence-electron chi connectivity index (χ2n) is 5.29. The number of carbonyl (C=O) groups excluding carboxylic acids is 1. The highest BCUT2D eigenvalue weighted by atomic mass is 32.2. The number of unbranched alkanes of at least 4 members (excludes halogenated alkanes) is 1. The summed E-state index contributed by atoms with van der Waals surface area (Å²) in [5.74, 6) is -1.54. The number of aliphatic hydroxyl groups is 1. The molecule has 23 heavy (non-hydrogen) atoms. The lowest BCUT2D eigenvalue weighted by Gasteiger charge is -2.30. The minimum Gasteiger partial charge on any atom is -0.503 e. The molecule has 126 valence electrons. The monoisotopic (exact) mass is 356 g/mol. The number of carboxylic acids is 1.